The van der Waals surface area contributed by atoms with Gasteiger partial charge in [-0.1, -0.05) is 23.7 Å². The van der Waals surface area contributed by atoms with Gasteiger partial charge in [-0.05, 0) is 96.3 Å². The Labute approximate surface area is 340 Å². The zero-order valence-electron chi connectivity index (χ0n) is 32.1. The number of likely N-dealkylation sites (N-methyl/N-ethyl adjacent to an activating group) is 1. The summed E-state index contributed by atoms with van der Waals surface area (Å²) >= 11 is 6.76. The highest BCUT2D eigenvalue weighted by Crippen LogP contribution is 2.44. The molecule has 0 bridgehead atoms. The molecule has 1 saturated heterocycles. The molecular formula is C44H43ClN6O7. The summed E-state index contributed by atoms with van der Waals surface area (Å²) in [4.78, 5) is 38.5. The number of phenols is 1. The molecular weight excluding hydrogens is 760 g/mol. The first-order valence-corrected chi connectivity index (χ1v) is 20.1. The van der Waals surface area contributed by atoms with Gasteiger partial charge in [0, 0.05) is 73.5 Å². The monoisotopic (exact) mass is 802 g/mol. The number of morpholine rings is 1. The van der Waals surface area contributed by atoms with E-state index in [-0.39, 0.29) is 30.4 Å². The number of phenolic OH excluding ortho intramolecular Hbond substituents is 1. The Balaban J connectivity index is 1.08. The maximum absolute atomic E-state index is 15.3. The molecule has 0 aliphatic carbocycles. The minimum Gasteiger partial charge on any atom is -0.508 e. The van der Waals surface area contributed by atoms with E-state index in [9.17, 15) is 5.11 Å². The van der Waals surface area contributed by atoms with E-state index in [1.54, 1.807) is 46.0 Å². The molecule has 4 aromatic carbocycles. The van der Waals surface area contributed by atoms with Crippen LogP contribution in [0.2, 0.25) is 5.02 Å². The number of carbonyl (C=O) groups excluding carboxylic acids is 2. The van der Waals surface area contributed by atoms with E-state index >= 15 is 9.59 Å². The number of ether oxygens (including phenoxy) is 4. The van der Waals surface area contributed by atoms with Crippen LogP contribution < -0.4 is 29.4 Å². The highest BCUT2D eigenvalue weighted by atomic mass is 35.5. The molecule has 5 aliphatic heterocycles. The van der Waals surface area contributed by atoms with Crippen LogP contribution in [0, 0.1) is 0 Å². The minimum atomic E-state index is -0.334. The number of anilines is 3. The van der Waals surface area contributed by atoms with Gasteiger partial charge in [-0.25, -0.2) is 4.68 Å². The fourth-order valence-corrected chi connectivity index (χ4v) is 9.12. The van der Waals surface area contributed by atoms with E-state index in [0.717, 1.165) is 48.4 Å². The van der Waals surface area contributed by atoms with Gasteiger partial charge >= 0.3 is 0 Å². The first kappa shape index (κ1) is 36.5. The molecule has 6 heterocycles. The normalized spacial score (nSPS) is 18.2. The number of aromatic nitrogens is 1. The van der Waals surface area contributed by atoms with E-state index in [0.29, 0.717) is 102 Å². The van der Waals surface area contributed by atoms with Gasteiger partial charge in [0.15, 0.2) is 11.5 Å². The Morgan fingerprint density at radius 1 is 0.879 bits per heavy atom. The first-order valence-electron chi connectivity index (χ1n) is 19.7. The van der Waals surface area contributed by atoms with Crippen LogP contribution in [0.25, 0.3) is 11.3 Å². The number of nitrogens with one attached hydrogen (secondary N) is 1. The molecule has 0 unspecified atom stereocenters. The Bertz CT molecular complexity index is 2430. The van der Waals surface area contributed by atoms with E-state index in [1.165, 1.54) is 0 Å². The highest BCUT2D eigenvalue weighted by molar-refractivity contribution is 6.31. The number of hydrogen-bond donors (Lipinski definition) is 2. The van der Waals surface area contributed by atoms with Gasteiger partial charge in [0.25, 0.3) is 11.8 Å². The smallest absolute Gasteiger partial charge is 0.268 e. The second-order valence-corrected chi connectivity index (χ2v) is 15.7. The van der Waals surface area contributed by atoms with Gasteiger partial charge in [0.1, 0.15) is 17.9 Å². The van der Waals surface area contributed by atoms with E-state index < -0.39 is 0 Å². The number of benzene rings is 4. The molecule has 10 rings (SSSR count). The zero-order chi connectivity index (χ0) is 39.5. The lowest BCUT2D eigenvalue weighted by atomic mass is 9.91. The minimum absolute atomic E-state index is 0.0250. The van der Waals surface area contributed by atoms with Crippen molar-refractivity contribution in [1.29, 1.82) is 0 Å². The van der Waals surface area contributed by atoms with Crippen molar-refractivity contribution >= 4 is 40.5 Å². The number of halogens is 1. The van der Waals surface area contributed by atoms with E-state index in [4.69, 9.17) is 30.5 Å². The molecule has 1 aromatic heterocycles. The molecule has 58 heavy (non-hydrogen) atoms. The summed E-state index contributed by atoms with van der Waals surface area (Å²) in [5, 5.41) is 10.9. The maximum Gasteiger partial charge on any atom is 0.268 e. The van der Waals surface area contributed by atoms with Crippen LogP contribution in [0.1, 0.15) is 37.4 Å². The molecule has 14 heteroatoms. The van der Waals surface area contributed by atoms with Crippen LogP contribution >= 0.6 is 11.6 Å². The van der Waals surface area contributed by atoms with Crippen LogP contribution in [0.15, 0.2) is 78.9 Å². The Kier molecular flexibility index (Phi) is 9.30. The Hall–Kier alpha value is -5.89. The lowest BCUT2D eigenvalue weighted by Gasteiger charge is -2.41. The second-order valence-electron chi connectivity index (χ2n) is 15.3. The molecule has 298 valence electrons. The van der Waals surface area contributed by atoms with Crippen molar-refractivity contribution in [2.24, 2.45) is 0 Å². The number of rotatable bonds is 7. The Morgan fingerprint density at radius 3 is 2.50 bits per heavy atom. The van der Waals surface area contributed by atoms with Gasteiger partial charge in [0.05, 0.1) is 31.0 Å². The molecule has 5 aliphatic rings. The third kappa shape index (κ3) is 6.43. The molecule has 2 amide bonds. The summed E-state index contributed by atoms with van der Waals surface area (Å²) in [7, 11) is 2.06. The largest absolute Gasteiger partial charge is 0.508 e. The van der Waals surface area contributed by atoms with Crippen molar-refractivity contribution in [1.82, 2.24) is 14.5 Å². The van der Waals surface area contributed by atoms with Crippen molar-refractivity contribution in [3.05, 3.63) is 112 Å². The summed E-state index contributed by atoms with van der Waals surface area (Å²) in [6, 6.07) is 23.7. The van der Waals surface area contributed by atoms with Gasteiger partial charge in [-0.2, -0.15) is 0 Å². The number of hydrogen-bond acceptors (Lipinski definition) is 10. The molecule has 5 aromatic rings. The summed E-state index contributed by atoms with van der Waals surface area (Å²) in [5.41, 5.74) is 10.9. The summed E-state index contributed by atoms with van der Waals surface area (Å²) < 4.78 is 25.4. The molecule has 1 fully saturated rings. The van der Waals surface area contributed by atoms with Gasteiger partial charge in [0.2, 0.25) is 12.7 Å². The molecule has 0 spiro atoms. The molecule has 13 nitrogen and oxygen atoms in total. The van der Waals surface area contributed by atoms with Gasteiger partial charge < -0.3 is 39.3 Å². The van der Waals surface area contributed by atoms with Crippen LogP contribution in [-0.4, -0.2) is 104 Å². The lowest BCUT2D eigenvalue weighted by Crippen LogP contribution is -2.52. The molecule has 1 atom stereocenters. The SMILES string of the molecule is CN1CCc2cc(N(C(=O)c3cc(-c4cc5c(cc4C(=O)N4Cc6cccc(Cl)c6C[C@H]4CN4CCOCC4)OCO5)n4c3OCCN4)c3ccc(O)cc3)ccc21. The predicted molar refractivity (Wildman–Crippen MR) is 220 cm³/mol. The average molecular weight is 803 g/mol. The number of carbonyl (C=O) groups is 2. The van der Waals surface area contributed by atoms with Crippen molar-refractivity contribution in [3.8, 4) is 34.4 Å². The standard InChI is InChI=1S/C44H43ClN6O7/c1-47-13-11-27-19-30(7-10-38(27)47)50(29-5-8-32(52)9-6-29)43(54)36-21-39(51-44(36)56-16-12-46-51)34-22-40-41(58-26-57-40)23-35(34)42(53)49-24-28-3-2-4-37(45)33(28)20-31(49)25-48-14-17-55-18-15-48/h2-10,19,21-23,31,46,52H,11-18,20,24-26H2,1H3/t31-/m0/s1. The van der Waals surface area contributed by atoms with Gasteiger partial charge in [-0.3, -0.25) is 19.4 Å². The second kappa shape index (κ2) is 14.8. The Morgan fingerprint density at radius 2 is 1.67 bits per heavy atom. The number of amides is 2. The molecule has 0 saturated carbocycles. The number of nitrogens with zero attached hydrogens (tertiary/aromatic N) is 5. The summed E-state index contributed by atoms with van der Waals surface area (Å²) in [6.45, 7) is 5.63. The van der Waals surface area contributed by atoms with E-state index in [2.05, 4.69) is 28.3 Å². The fourth-order valence-electron chi connectivity index (χ4n) is 8.85. The van der Waals surface area contributed by atoms with Gasteiger partial charge in [-0.15, -0.1) is 0 Å². The van der Waals surface area contributed by atoms with Crippen LogP contribution in [0.3, 0.4) is 0 Å². The van der Waals surface area contributed by atoms with Crippen LogP contribution in [0.4, 0.5) is 17.1 Å². The average Bonchev–Trinajstić information content (AvgIpc) is 3.98. The molecule has 0 radical (unpaired) electrons. The van der Waals surface area contributed by atoms with Crippen LogP contribution in [-0.2, 0) is 24.1 Å². The summed E-state index contributed by atoms with van der Waals surface area (Å²) in [6.07, 6.45) is 1.47. The van der Waals surface area contributed by atoms with Crippen molar-refractivity contribution in [3.63, 3.8) is 0 Å². The molecule has 2 N–H and O–H groups in total. The predicted octanol–water partition coefficient (Wildman–Crippen LogP) is 6.05. The third-order valence-corrected chi connectivity index (χ3v) is 12.2. The summed E-state index contributed by atoms with van der Waals surface area (Å²) in [5.74, 6) is 0.893. The van der Waals surface area contributed by atoms with Crippen molar-refractivity contribution in [2.75, 3.05) is 81.6 Å². The number of aromatic hydroxyl groups is 1. The lowest BCUT2D eigenvalue weighted by molar-refractivity contribution is 0.0193. The van der Waals surface area contributed by atoms with Crippen molar-refractivity contribution in [2.45, 2.75) is 25.4 Å². The third-order valence-electron chi connectivity index (χ3n) is 11.8. The topological polar surface area (TPSA) is 121 Å². The quantitative estimate of drug-likeness (QED) is 0.201. The maximum atomic E-state index is 15.3. The first-order chi connectivity index (χ1) is 28.3. The zero-order valence-corrected chi connectivity index (χ0v) is 32.8. The highest BCUT2D eigenvalue weighted by Gasteiger charge is 2.37. The number of fused-ring (bicyclic) bond motifs is 4. The van der Waals surface area contributed by atoms with Crippen molar-refractivity contribution < 1.29 is 33.6 Å². The van der Waals surface area contributed by atoms with Crippen LogP contribution in [0.5, 0.6) is 23.1 Å². The van der Waals surface area contributed by atoms with E-state index in [1.807, 2.05) is 41.3 Å². The fraction of sp³-hybridized carbons (Fsp3) is 0.318.